The molecule has 0 radical (unpaired) electrons. The number of hydrogen-bond donors (Lipinski definition) is 1. The molecule has 0 aliphatic heterocycles. The fraction of sp³-hybridized carbons (Fsp3) is 0.462. The van der Waals surface area contributed by atoms with E-state index in [0.717, 1.165) is 19.3 Å². The quantitative estimate of drug-likeness (QED) is 0.864. The molecule has 0 bridgehead atoms. The molecule has 6 heteroatoms. The number of halogens is 2. The molecule has 1 aliphatic rings. The number of carbonyl (C=O) groups is 1. The number of ether oxygens (including phenoxy) is 2. The summed E-state index contributed by atoms with van der Waals surface area (Å²) in [6.07, 6.45) is 3.23. The molecule has 0 saturated heterocycles. The summed E-state index contributed by atoms with van der Waals surface area (Å²) in [7, 11) is 0. The first kappa shape index (κ1) is 13.6. The average Bonchev–Trinajstić information content (AvgIpc) is 2.28. The Hall–Kier alpha value is -1.85. The molecular weight excluding hydrogens is 258 g/mol. The van der Waals surface area contributed by atoms with Gasteiger partial charge in [-0.2, -0.15) is 8.78 Å². The number of alkyl halides is 2. The Labute approximate surface area is 108 Å². The van der Waals surface area contributed by atoms with Gasteiger partial charge in [-0.15, -0.1) is 0 Å². The van der Waals surface area contributed by atoms with Crippen LogP contribution in [0.2, 0.25) is 0 Å². The summed E-state index contributed by atoms with van der Waals surface area (Å²) < 4.78 is 34.2. The normalized spacial score (nSPS) is 15.1. The van der Waals surface area contributed by atoms with Crippen LogP contribution in [0.25, 0.3) is 0 Å². The van der Waals surface area contributed by atoms with Gasteiger partial charge in [-0.1, -0.05) is 6.42 Å². The van der Waals surface area contributed by atoms with Crippen molar-refractivity contribution >= 4 is 5.97 Å². The second-order valence-corrected chi connectivity index (χ2v) is 4.45. The van der Waals surface area contributed by atoms with E-state index in [1.807, 2.05) is 0 Å². The molecule has 1 saturated carbocycles. The number of rotatable bonds is 6. The predicted octanol–water partition coefficient (Wildman–Crippen LogP) is 3.17. The summed E-state index contributed by atoms with van der Waals surface area (Å²) in [5.74, 6) is -0.823. The van der Waals surface area contributed by atoms with Crippen LogP contribution in [-0.2, 0) is 0 Å². The molecular formula is C13H14F2O4. The van der Waals surface area contributed by atoms with Gasteiger partial charge in [0.15, 0.2) is 11.5 Å². The van der Waals surface area contributed by atoms with Crippen LogP contribution in [0.5, 0.6) is 11.5 Å². The third-order valence-corrected chi connectivity index (χ3v) is 3.11. The molecule has 104 valence electrons. The highest BCUT2D eigenvalue weighted by atomic mass is 19.3. The van der Waals surface area contributed by atoms with Gasteiger partial charge >= 0.3 is 12.6 Å². The highest BCUT2D eigenvalue weighted by molar-refractivity contribution is 5.88. The first-order valence-electron chi connectivity index (χ1n) is 6.01. The third kappa shape index (κ3) is 3.56. The lowest BCUT2D eigenvalue weighted by Gasteiger charge is -2.25. The average molecular weight is 272 g/mol. The molecule has 1 aliphatic carbocycles. The van der Waals surface area contributed by atoms with Gasteiger partial charge in [-0.3, -0.25) is 0 Å². The SMILES string of the molecule is O=C(O)c1ccc(OC(F)F)c(OCC2CCC2)c1. The maximum absolute atomic E-state index is 12.2. The molecule has 1 N–H and O–H groups in total. The number of benzene rings is 1. The van der Waals surface area contributed by atoms with Crippen LogP contribution in [0.3, 0.4) is 0 Å². The summed E-state index contributed by atoms with van der Waals surface area (Å²) in [4.78, 5) is 10.8. The molecule has 1 aromatic carbocycles. The van der Waals surface area contributed by atoms with Crippen molar-refractivity contribution in [3.63, 3.8) is 0 Å². The van der Waals surface area contributed by atoms with E-state index in [2.05, 4.69) is 4.74 Å². The molecule has 0 heterocycles. The Balaban J connectivity index is 2.13. The van der Waals surface area contributed by atoms with Gasteiger partial charge < -0.3 is 14.6 Å². The molecule has 19 heavy (non-hydrogen) atoms. The lowest BCUT2D eigenvalue weighted by Crippen LogP contribution is -2.19. The summed E-state index contributed by atoms with van der Waals surface area (Å²) in [5, 5.41) is 8.87. The van der Waals surface area contributed by atoms with Crippen molar-refractivity contribution in [3.8, 4) is 11.5 Å². The van der Waals surface area contributed by atoms with Gasteiger partial charge in [0.2, 0.25) is 0 Å². The molecule has 1 fully saturated rings. The van der Waals surface area contributed by atoms with Gasteiger partial charge in [0.1, 0.15) is 0 Å². The Morgan fingerprint density at radius 1 is 1.37 bits per heavy atom. The minimum Gasteiger partial charge on any atom is -0.489 e. The monoisotopic (exact) mass is 272 g/mol. The van der Waals surface area contributed by atoms with Gasteiger partial charge in [0, 0.05) is 0 Å². The van der Waals surface area contributed by atoms with Crippen molar-refractivity contribution in [3.05, 3.63) is 23.8 Å². The second kappa shape index (κ2) is 5.86. The van der Waals surface area contributed by atoms with Crippen molar-refractivity contribution in [2.24, 2.45) is 5.92 Å². The Morgan fingerprint density at radius 3 is 2.63 bits per heavy atom. The van der Waals surface area contributed by atoms with E-state index in [4.69, 9.17) is 9.84 Å². The van der Waals surface area contributed by atoms with Crippen LogP contribution in [0.1, 0.15) is 29.6 Å². The first-order valence-corrected chi connectivity index (χ1v) is 6.01. The predicted molar refractivity (Wildman–Crippen MR) is 62.9 cm³/mol. The van der Waals surface area contributed by atoms with E-state index in [9.17, 15) is 13.6 Å². The van der Waals surface area contributed by atoms with Crippen LogP contribution in [-0.4, -0.2) is 24.3 Å². The zero-order valence-electron chi connectivity index (χ0n) is 10.1. The maximum Gasteiger partial charge on any atom is 0.387 e. The summed E-state index contributed by atoms with van der Waals surface area (Å²) >= 11 is 0. The first-order chi connectivity index (χ1) is 9.06. The van der Waals surface area contributed by atoms with Crippen LogP contribution >= 0.6 is 0 Å². The Kier molecular flexibility index (Phi) is 4.19. The number of aromatic carboxylic acids is 1. The molecule has 0 aromatic heterocycles. The molecule has 0 atom stereocenters. The minimum absolute atomic E-state index is 0.0229. The molecule has 1 aromatic rings. The Bertz CT molecular complexity index is 458. The van der Waals surface area contributed by atoms with Crippen LogP contribution in [0.15, 0.2) is 18.2 Å². The van der Waals surface area contributed by atoms with E-state index in [0.29, 0.717) is 12.5 Å². The van der Waals surface area contributed by atoms with E-state index in [1.54, 1.807) is 0 Å². The standard InChI is InChI=1S/C13H14F2O4/c14-13(15)19-10-5-4-9(12(16)17)6-11(10)18-7-8-2-1-3-8/h4-6,8,13H,1-3,7H2,(H,16,17). The van der Waals surface area contributed by atoms with Gasteiger partial charge in [0.25, 0.3) is 0 Å². The topological polar surface area (TPSA) is 55.8 Å². The largest absolute Gasteiger partial charge is 0.489 e. The fourth-order valence-electron chi connectivity index (χ4n) is 1.81. The molecule has 4 nitrogen and oxygen atoms in total. The van der Waals surface area contributed by atoms with E-state index in [-0.39, 0.29) is 17.1 Å². The van der Waals surface area contributed by atoms with E-state index in [1.165, 1.54) is 18.2 Å². The highest BCUT2D eigenvalue weighted by Crippen LogP contribution is 2.32. The van der Waals surface area contributed by atoms with Gasteiger partial charge in [-0.05, 0) is 37.0 Å². The lowest BCUT2D eigenvalue weighted by atomic mass is 9.86. The second-order valence-electron chi connectivity index (χ2n) is 4.45. The van der Waals surface area contributed by atoms with Crippen molar-refractivity contribution < 1.29 is 28.2 Å². The molecule has 0 spiro atoms. The Morgan fingerprint density at radius 2 is 2.11 bits per heavy atom. The van der Waals surface area contributed by atoms with Crippen molar-refractivity contribution in [2.75, 3.05) is 6.61 Å². The highest BCUT2D eigenvalue weighted by Gasteiger charge is 2.20. The van der Waals surface area contributed by atoms with Crippen LogP contribution in [0, 0.1) is 5.92 Å². The summed E-state index contributed by atoms with van der Waals surface area (Å²) in [6.45, 7) is -2.58. The number of hydrogen-bond acceptors (Lipinski definition) is 3. The van der Waals surface area contributed by atoms with Gasteiger partial charge in [-0.25, -0.2) is 4.79 Å². The maximum atomic E-state index is 12.2. The molecule has 2 rings (SSSR count). The van der Waals surface area contributed by atoms with Crippen molar-refractivity contribution in [2.45, 2.75) is 25.9 Å². The zero-order valence-corrected chi connectivity index (χ0v) is 10.1. The fourth-order valence-corrected chi connectivity index (χ4v) is 1.81. The molecule has 0 unspecified atom stereocenters. The van der Waals surface area contributed by atoms with Crippen LogP contribution in [0.4, 0.5) is 8.78 Å². The summed E-state index contributed by atoms with van der Waals surface area (Å²) in [6, 6.07) is 3.60. The smallest absolute Gasteiger partial charge is 0.387 e. The van der Waals surface area contributed by atoms with E-state index < -0.39 is 12.6 Å². The molecule has 0 amide bonds. The van der Waals surface area contributed by atoms with Crippen LogP contribution < -0.4 is 9.47 Å². The van der Waals surface area contributed by atoms with Gasteiger partial charge in [0.05, 0.1) is 12.2 Å². The van der Waals surface area contributed by atoms with Crippen molar-refractivity contribution in [1.29, 1.82) is 0 Å². The summed E-state index contributed by atoms with van der Waals surface area (Å²) in [5.41, 5.74) is -0.0229. The van der Waals surface area contributed by atoms with Crippen molar-refractivity contribution in [1.82, 2.24) is 0 Å². The number of carboxylic acid groups (broad SMARTS) is 1. The zero-order chi connectivity index (χ0) is 13.8. The lowest BCUT2D eigenvalue weighted by molar-refractivity contribution is -0.0517. The van der Waals surface area contributed by atoms with E-state index >= 15 is 0 Å². The third-order valence-electron chi connectivity index (χ3n) is 3.11. The minimum atomic E-state index is -2.97. The number of carboxylic acids is 1.